The number of rotatable bonds is 6. The van der Waals surface area contributed by atoms with Crippen molar-refractivity contribution in [3.8, 4) is 0 Å². The molecule has 2 N–H and O–H groups in total. The molecule has 3 heteroatoms. The highest BCUT2D eigenvalue weighted by Crippen LogP contribution is 2.21. The van der Waals surface area contributed by atoms with Crippen LogP contribution in [0.1, 0.15) is 37.8 Å². The van der Waals surface area contributed by atoms with Crippen molar-refractivity contribution < 1.29 is 0 Å². The summed E-state index contributed by atoms with van der Waals surface area (Å²) in [6.45, 7) is 6.44. The lowest BCUT2D eigenvalue weighted by atomic mass is 10.1. The molecule has 0 aromatic carbocycles. The van der Waals surface area contributed by atoms with Crippen molar-refractivity contribution in [3.05, 3.63) is 23.4 Å². The van der Waals surface area contributed by atoms with Gasteiger partial charge in [-0.25, -0.2) is 4.98 Å². The van der Waals surface area contributed by atoms with Gasteiger partial charge in [-0.2, -0.15) is 0 Å². The lowest BCUT2D eigenvalue weighted by Crippen LogP contribution is -2.21. The fraction of sp³-hybridized carbons (Fsp3) is 0.615. The number of thioether (sulfide) groups is 1. The van der Waals surface area contributed by atoms with Gasteiger partial charge in [0.05, 0.1) is 5.03 Å². The summed E-state index contributed by atoms with van der Waals surface area (Å²) in [5.74, 6) is 1.14. The minimum absolute atomic E-state index is 0.260. The number of aromatic nitrogens is 1. The first kappa shape index (κ1) is 13.5. The molecule has 1 rings (SSSR count). The lowest BCUT2D eigenvalue weighted by Gasteiger charge is -2.10. The van der Waals surface area contributed by atoms with E-state index in [2.05, 4.69) is 31.8 Å². The fourth-order valence-electron chi connectivity index (χ4n) is 1.53. The first-order valence-corrected chi connectivity index (χ1v) is 6.99. The third kappa shape index (κ3) is 4.14. The van der Waals surface area contributed by atoms with E-state index in [0.717, 1.165) is 23.6 Å². The van der Waals surface area contributed by atoms with Gasteiger partial charge in [0.25, 0.3) is 0 Å². The summed E-state index contributed by atoms with van der Waals surface area (Å²) in [6.07, 6.45) is 5.11. The maximum Gasteiger partial charge on any atom is 0.0989 e. The van der Waals surface area contributed by atoms with Crippen molar-refractivity contribution in [3.63, 3.8) is 0 Å². The van der Waals surface area contributed by atoms with Crippen molar-refractivity contribution in [2.75, 3.05) is 5.75 Å². The molecule has 0 spiro atoms. The molecule has 1 heterocycles. The van der Waals surface area contributed by atoms with Crippen LogP contribution in [0, 0.1) is 6.92 Å². The van der Waals surface area contributed by atoms with Crippen LogP contribution in [0.4, 0.5) is 0 Å². The molecule has 0 radical (unpaired) electrons. The molecule has 0 bridgehead atoms. The molecule has 1 atom stereocenters. The van der Waals surface area contributed by atoms with E-state index in [4.69, 9.17) is 5.73 Å². The van der Waals surface area contributed by atoms with Gasteiger partial charge in [0, 0.05) is 12.2 Å². The standard InChI is InChI=1S/C13H22N2S/c1-4-6-16-13-10(3)7-11(9-15-13)8-12(14)5-2/h7,9,12H,4-6,8,14H2,1-3H3. The van der Waals surface area contributed by atoms with Crippen LogP contribution in [0.5, 0.6) is 0 Å². The normalized spacial score (nSPS) is 12.8. The van der Waals surface area contributed by atoms with Gasteiger partial charge in [-0.05, 0) is 43.1 Å². The molecule has 1 unspecified atom stereocenters. The maximum atomic E-state index is 5.94. The maximum absolute atomic E-state index is 5.94. The molecule has 2 nitrogen and oxygen atoms in total. The van der Waals surface area contributed by atoms with Gasteiger partial charge in [0.2, 0.25) is 0 Å². The zero-order chi connectivity index (χ0) is 12.0. The number of nitrogens with two attached hydrogens (primary N) is 1. The smallest absolute Gasteiger partial charge is 0.0989 e. The van der Waals surface area contributed by atoms with Crippen LogP contribution in [0.3, 0.4) is 0 Å². The Morgan fingerprint density at radius 3 is 2.75 bits per heavy atom. The molecule has 0 amide bonds. The molecule has 16 heavy (non-hydrogen) atoms. The van der Waals surface area contributed by atoms with E-state index in [0.29, 0.717) is 0 Å². The first-order valence-electron chi connectivity index (χ1n) is 6.01. The molecular formula is C13H22N2S. The Bertz CT molecular complexity index is 326. The second-order valence-electron chi connectivity index (χ2n) is 4.19. The van der Waals surface area contributed by atoms with Crippen molar-refractivity contribution >= 4 is 11.8 Å². The van der Waals surface area contributed by atoms with Gasteiger partial charge in [0.1, 0.15) is 0 Å². The summed E-state index contributed by atoms with van der Waals surface area (Å²) in [4.78, 5) is 4.51. The SMILES string of the molecule is CCCSc1ncc(CC(N)CC)cc1C. The topological polar surface area (TPSA) is 38.9 Å². The van der Waals surface area contributed by atoms with Gasteiger partial charge in [-0.15, -0.1) is 11.8 Å². The zero-order valence-electron chi connectivity index (χ0n) is 10.5. The highest BCUT2D eigenvalue weighted by molar-refractivity contribution is 7.99. The van der Waals surface area contributed by atoms with E-state index in [-0.39, 0.29) is 6.04 Å². The Labute approximate surface area is 103 Å². The highest BCUT2D eigenvalue weighted by atomic mass is 32.2. The van der Waals surface area contributed by atoms with Crippen molar-refractivity contribution in [2.24, 2.45) is 5.73 Å². The number of hydrogen-bond acceptors (Lipinski definition) is 3. The van der Waals surface area contributed by atoms with Crippen LogP contribution in [0.15, 0.2) is 17.3 Å². The van der Waals surface area contributed by atoms with E-state index in [9.17, 15) is 0 Å². The van der Waals surface area contributed by atoms with E-state index < -0.39 is 0 Å². The van der Waals surface area contributed by atoms with E-state index in [1.165, 1.54) is 17.5 Å². The van der Waals surface area contributed by atoms with Gasteiger partial charge in [-0.3, -0.25) is 0 Å². The first-order chi connectivity index (χ1) is 7.67. The second kappa shape index (κ2) is 6.92. The van der Waals surface area contributed by atoms with E-state index in [1.807, 2.05) is 18.0 Å². The number of pyridine rings is 1. The number of hydrogen-bond donors (Lipinski definition) is 1. The van der Waals surface area contributed by atoms with Gasteiger partial charge in [-0.1, -0.05) is 19.9 Å². The van der Waals surface area contributed by atoms with Crippen molar-refractivity contribution in [1.29, 1.82) is 0 Å². The van der Waals surface area contributed by atoms with Crippen LogP contribution >= 0.6 is 11.8 Å². The van der Waals surface area contributed by atoms with Crippen molar-refractivity contribution in [1.82, 2.24) is 4.98 Å². The van der Waals surface area contributed by atoms with Crippen LogP contribution in [-0.4, -0.2) is 16.8 Å². The molecule has 1 aromatic rings. The van der Waals surface area contributed by atoms with Crippen LogP contribution < -0.4 is 5.73 Å². The summed E-state index contributed by atoms with van der Waals surface area (Å²) in [5.41, 5.74) is 8.47. The Hall–Kier alpha value is -0.540. The van der Waals surface area contributed by atoms with Crippen LogP contribution in [-0.2, 0) is 6.42 Å². The lowest BCUT2D eigenvalue weighted by molar-refractivity contribution is 0.644. The summed E-state index contributed by atoms with van der Waals surface area (Å²) < 4.78 is 0. The molecule has 0 saturated heterocycles. The largest absolute Gasteiger partial charge is 0.327 e. The minimum atomic E-state index is 0.260. The molecule has 90 valence electrons. The summed E-state index contributed by atoms with van der Waals surface area (Å²) in [7, 11) is 0. The van der Waals surface area contributed by atoms with Crippen LogP contribution in [0.25, 0.3) is 0 Å². The fourth-order valence-corrected chi connectivity index (χ4v) is 2.34. The van der Waals surface area contributed by atoms with Crippen molar-refractivity contribution in [2.45, 2.75) is 51.1 Å². The predicted molar refractivity (Wildman–Crippen MR) is 72.0 cm³/mol. The monoisotopic (exact) mass is 238 g/mol. The quantitative estimate of drug-likeness (QED) is 0.774. The average molecular weight is 238 g/mol. The predicted octanol–water partition coefficient (Wildman–Crippen LogP) is 3.17. The Morgan fingerprint density at radius 1 is 1.44 bits per heavy atom. The number of aryl methyl sites for hydroxylation is 1. The summed E-state index contributed by atoms with van der Waals surface area (Å²) in [5, 5.41) is 1.16. The van der Waals surface area contributed by atoms with Gasteiger partial charge >= 0.3 is 0 Å². The average Bonchev–Trinajstić information content (AvgIpc) is 2.28. The highest BCUT2D eigenvalue weighted by Gasteiger charge is 2.05. The molecule has 0 fully saturated rings. The Kier molecular flexibility index (Phi) is 5.85. The Balaban J connectivity index is 2.66. The molecule has 0 aliphatic rings. The number of nitrogens with zero attached hydrogens (tertiary/aromatic N) is 1. The second-order valence-corrected chi connectivity index (χ2v) is 5.27. The summed E-state index contributed by atoms with van der Waals surface area (Å²) in [6, 6.07) is 2.48. The minimum Gasteiger partial charge on any atom is -0.327 e. The van der Waals surface area contributed by atoms with E-state index >= 15 is 0 Å². The Morgan fingerprint density at radius 2 is 2.19 bits per heavy atom. The molecule has 0 saturated carbocycles. The summed E-state index contributed by atoms with van der Waals surface area (Å²) >= 11 is 1.84. The molecule has 0 aliphatic carbocycles. The third-order valence-corrected chi connectivity index (χ3v) is 3.87. The van der Waals surface area contributed by atoms with Gasteiger partial charge < -0.3 is 5.73 Å². The van der Waals surface area contributed by atoms with Gasteiger partial charge in [0.15, 0.2) is 0 Å². The molecular weight excluding hydrogens is 216 g/mol. The van der Waals surface area contributed by atoms with E-state index in [1.54, 1.807) is 0 Å². The zero-order valence-corrected chi connectivity index (χ0v) is 11.3. The molecule has 0 aliphatic heterocycles. The van der Waals surface area contributed by atoms with Crippen LogP contribution in [0.2, 0.25) is 0 Å². The molecule has 1 aromatic heterocycles. The third-order valence-electron chi connectivity index (χ3n) is 2.55.